The van der Waals surface area contributed by atoms with Crippen molar-refractivity contribution in [3.05, 3.63) is 22.8 Å². The molecule has 0 bridgehead atoms. The number of hydrogen-bond acceptors (Lipinski definition) is 5. The number of rotatable bonds is 6. The number of carbonyl (C=O) groups is 1. The van der Waals surface area contributed by atoms with Crippen LogP contribution in [0.2, 0.25) is 5.02 Å². The number of carbonyl (C=O) groups excluding carboxylic acids is 1. The molecule has 0 saturated heterocycles. The number of nitrogens with two attached hydrogens (primary N) is 1. The van der Waals surface area contributed by atoms with E-state index in [2.05, 4.69) is 10.4 Å². The molecule has 19 heavy (non-hydrogen) atoms. The maximum Gasteiger partial charge on any atom is 0.273 e. The summed E-state index contributed by atoms with van der Waals surface area (Å²) in [6.45, 7) is 4.81. The summed E-state index contributed by atoms with van der Waals surface area (Å²) in [6.07, 6.45) is 0.134. The minimum Gasteiger partial charge on any atom is -0.377 e. The van der Waals surface area contributed by atoms with Crippen molar-refractivity contribution in [1.29, 1.82) is 0 Å². The number of nitrogens with one attached hydrogen (secondary N) is 1. The first-order valence-electron chi connectivity index (χ1n) is 5.96. The van der Waals surface area contributed by atoms with Crippen LogP contribution in [0.5, 0.6) is 0 Å². The molecule has 0 aliphatic heterocycles. The molecule has 0 aliphatic rings. The number of likely N-dealkylation sites (N-methyl/N-ethyl adjacent to an activating group) is 1. The Kier molecular flexibility index (Phi) is 6.01. The van der Waals surface area contributed by atoms with Gasteiger partial charge in [-0.2, -0.15) is 0 Å². The molecule has 0 aliphatic carbocycles. The Morgan fingerprint density at radius 2 is 2.26 bits per heavy atom. The predicted octanol–water partition coefficient (Wildman–Crippen LogP) is 1.52. The van der Waals surface area contributed by atoms with E-state index < -0.39 is 0 Å². The number of halogens is 1. The quantitative estimate of drug-likeness (QED) is 0.612. The molecule has 1 aromatic heterocycles. The van der Waals surface area contributed by atoms with Gasteiger partial charge in [-0.1, -0.05) is 11.6 Å². The molecular formula is C12H19ClN4O2. The smallest absolute Gasteiger partial charge is 0.273 e. The summed E-state index contributed by atoms with van der Waals surface area (Å²) in [5, 5.41) is 0.292. The monoisotopic (exact) mass is 286 g/mol. The molecule has 6 nitrogen and oxygen atoms in total. The van der Waals surface area contributed by atoms with Crippen LogP contribution in [0.3, 0.4) is 0 Å². The van der Waals surface area contributed by atoms with Crippen LogP contribution >= 0.6 is 11.6 Å². The van der Waals surface area contributed by atoms with E-state index in [-0.39, 0.29) is 17.7 Å². The average molecular weight is 287 g/mol. The second-order valence-corrected chi connectivity index (χ2v) is 4.72. The molecule has 1 rings (SSSR count). The largest absolute Gasteiger partial charge is 0.377 e. The molecule has 106 valence electrons. The number of nitrogen functional groups attached to an aromatic ring is 1. The standard InChI is InChI=1S/C12H19ClN4O2/c1-8(2)19-7-6-17(3)12(18)11-9(13)4-5-10(15-11)16-14/h4-5,8H,6-7,14H2,1-3H3,(H,15,16). The van der Waals surface area contributed by atoms with Gasteiger partial charge in [-0.3, -0.25) is 4.79 Å². The van der Waals surface area contributed by atoms with E-state index >= 15 is 0 Å². The summed E-state index contributed by atoms with van der Waals surface area (Å²) < 4.78 is 5.39. The van der Waals surface area contributed by atoms with Crippen molar-refractivity contribution in [2.45, 2.75) is 20.0 Å². The third kappa shape index (κ3) is 4.66. The molecule has 1 amide bonds. The first kappa shape index (κ1) is 15.7. The Labute approximate surface area is 117 Å². The molecule has 0 radical (unpaired) electrons. The summed E-state index contributed by atoms with van der Waals surface area (Å²) >= 11 is 5.97. The molecular weight excluding hydrogens is 268 g/mol. The molecule has 0 spiro atoms. The Morgan fingerprint density at radius 1 is 1.58 bits per heavy atom. The Balaban J connectivity index is 2.70. The van der Waals surface area contributed by atoms with E-state index in [1.807, 2.05) is 13.8 Å². The summed E-state index contributed by atoms with van der Waals surface area (Å²) in [7, 11) is 1.67. The van der Waals surface area contributed by atoms with E-state index in [4.69, 9.17) is 22.2 Å². The molecule has 1 aromatic rings. The van der Waals surface area contributed by atoms with Gasteiger partial charge in [0.25, 0.3) is 5.91 Å². The molecule has 0 fully saturated rings. The van der Waals surface area contributed by atoms with Crippen molar-refractivity contribution in [3.8, 4) is 0 Å². The van der Waals surface area contributed by atoms with Gasteiger partial charge in [-0.25, -0.2) is 10.8 Å². The van der Waals surface area contributed by atoms with E-state index in [1.54, 1.807) is 19.2 Å². The lowest BCUT2D eigenvalue weighted by molar-refractivity contribution is 0.0529. The van der Waals surface area contributed by atoms with E-state index in [0.29, 0.717) is 24.0 Å². The van der Waals surface area contributed by atoms with Gasteiger partial charge in [0.15, 0.2) is 0 Å². The van der Waals surface area contributed by atoms with Crippen LogP contribution < -0.4 is 11.3 Å². The first-order valence-corrected chi connectivity index (χ1v) is 6.33. The molecule has 7 heteroatoms. The zero-order valence-corrected chi connectivity index (χ0v) is 12.1. The van der Waals surface area contributed by atoms with Crippen LogP contribution in [-0.4, -0.2) is 42.1 Å². The van der Waals surface area contributed by atoms with Gasteiger partial charge in [-0.05, 0) is 26.0 Å². The highest BCUT2D eigenvalue weighted by Gasteiger charge is 2.17. The fraction of sp³-hybridized carbons (Fsp3) is 0.500. The van der Waals surface area contributed by atoms with Gasteiger partial charge in [0.1, 0.15) is 11.5 Å². The van der Waals surface area contributed by atoms with Crippen LogP contribution in [-0.2, 0) is 4.74 Å². The fourth-order valence-corrected chi connectivity index (χ4v) is 1.57. The highest BCUT2D eigenvalue weighted by atomic mass is 35.5. The number of pyridine rings is 1. The van der Waals surface area contributed by atoms with Crippen molar-refractivity contribution in [2.75, 3.05) is 25.6 Å². The van der Waals surface area contributed by atoms with Crippen molar-refractivity contribution in [2.24, 2.45) is 5.84 Å². The molecule has 0 aromatic carbocycles. The highest BCUT2D eigenvalue weighted by molar-refractivity contribution is 6.33. The normalized spacial score (nSPS) is 10.6. The van der Waals surface area contributed by atoms with Gasteiger partial charge in [0, 0.05) is 13.6 Å². The second kappa shape index (κ2) is 7.28. The lowest BCUT2D eigenvalue weighted by Gasteiger charge is -2.18. The van der Waals surface area contributed by atoms with Crippen LogP contribution in [0.15, 0.2) is 12.1 Å². The molecule has 0 unspecified atom stereocenters. The van der Waals surface area contributed by atoms with Gasteiger partial charge in [-0.15, -0.1) is 0 Å². The number of amides is 1. The highest BCUT2D eigenvalue weighted by Crippen LogP contribution is 2.17. The summed E-state index contributed by atoms with van der Waals surface area (Å²) in [4.78, 5) is 17.7. The van der Waals surface area contributed by atoms with Crippen molar-refractivity contribution < 1.29 is 9.53 Å². The number of hydrazine groups is 1. The van der Waals surface area contributed by atoms with Crippen LogP contribution in [0.1, 0.15) is 24.3 Å². The number of nitrogens with zero attached hydrogens (tertiary/aromatic N) is 2. The molecule has 0 atom stereocenters. The third-order valence-electron chi connectivity index (χ3n) is 2.42. The number of anilines is 1. The van der Waals surface area contributed by atoms with Gasteiger partial charge in [0.2, 0.25) is 0 Å². The SMILES string of the molecule is CC(C)OCCN(C)C(=O)c1nc(NN)ccc1Cl. The maximum absolute atomic E-state index is 12.2. The average Bonchev–Trinajstić information content (AvgIpc) is 2.38. The van der Waals surface area contributed by atoms with Crippen molar-refractivity contribution >= 4 is 23.3 Å². The van der Waals surface area contributed by atoms with E-state index in [0.717, 1.165) is 0 Å². The lowest BCUT2D eigenvalue weighted by atomic mass is 10.3. The Morgan fingerprint density at radius 3 is 2.84 bits per heavy atom. The van der Waals surface area contributed by atoms with Crippen LogP contribution in [0.4, 0.5) is 5.82 Å². The minimum absolute atomic E-state index is 0.134. The Hall–Kier alpha value is -1.37. The predicted molar refractivity (Wildman–Crippen MR) is 75.1 cm³/mol. The molecule has 1 heterocycles. The number of ether oxygens (including phenoxy) is 1. The topological polar surface area (TPSA) is 80.5 Å². The molecule has 3 N–H and O–H groups in total. The molecule has 0 saturated carbocycles. The number of aromatic nitrogens is 1. The third-order valence-corrected chi connectivity index (χ3v) is 2.73. The Bertz CT molecular complexity index is 440. The summed E-state index contributed by atoms with van der Waals surface area (Å²) in [5.74, 6) is 5.38. The maximum atomic E-state index is 12.2. The van der Waals surface area contributed by atoms with Crippen molar-refractivity contribution in [3.63, 3.8) is 0 Å². The number of hydrogen-bond donors (Lipinski definition) is 2. The lowest BCUT2D eigenvalue weighted by Crippen LogP contribution is -2.31. The van der Waals surface area contributed by atoms with Gasteiger partial charge < -0.3 is 15.1 Å². The van der Waals surface area contributed by atoms with Crippen molar-refractivity contribution in [1.82, 2.24) is 9.88 Å². The zero-order valence-electron chi connectivity index (χ0n) is 11.3. The van der Waals surface area contributed by atoms with Gasteiger partial charge in [0.05, 0.1) is 17.7 Å². The fourth-order valence-electron chi connectivity index (χ4n) is 1.38. The summed E-state index contributed by atoms with van der Waals surface area (Å²) in [5.41, 5.74) is 2.55. The zero-order chi connectivity index (χ0) is 14.4. The van der Waals surface area contributed by atoms with Gasteiger partial charge >= 0.3 is 0 Å². The van der Waals surface area contributed by atoms with E-state index in [1.165, 1.54) is 4.90 Å². The second-order valence-electron chi connectivity index (χ2n) is 4.32. The van der Waals surface area contributed by atoms with E-state index in [9.17, 15) is 4.79 Å². The van der Waals surface area contributed by atoms with Crippen LogP contribution in [0, 0.1) is 0 Å². The minimum atomic E-state index is -0.269. The van der Waals surface area contributed by atoms with Crippen LogP contribution in [0.25, 0.3) is 0 Å². The summed E-state index contributed by atoms with van der Waals surface area (Å²) in [6, 6.07) is 3.18. The first-order chi connectivity index (χ1) is 8.95.